The van der Waals surface area contributed by atoms with Crippen LogP contribution in [0.15, 0.2) is 83.0 Å². The molecule has 6 rings (SSSR count). The largest absolute Gasteiger partial charge is 0.496 e. The number of hydrogen-bond donors (Lipinski definition) is 0. The number of sulfonamides is 1. The van der Waals surface area contributed by atoms with Crippen LogP contribution >= 0.6 is 0 Å². The van der Waals surface area contributed by atoms with E-state index in [0.717, 1.165) is 27.7 Å². The number of methoxy groups -OCH3 is 1. The summed E-state index contributed by atoms with van der Waals surface area (Å²) in [6.45, 7) is 0.599. The van der Waals surface area contributed by atoms with Gasteiger partial charge in [0.15, 0.2) is 0 Å². The standard InChI is InChI=1S/C28H29N7O4S/c1-32-18-22(9-10-27(32)36)35-24-14-25(39-3)23(13-21(24)16-30-35)28(15-20-7-5-4-6-8-20)11-12-34(19-28)40(37,38)26-17-29-33(2)31-26/h4-10,13-14,16-18H,11-12,15,19H2,1-3H3. The van der Waals surface area contributed by atoms with Crippen molar-refractivity contribution in [3.63, 3.8) is 0 Å². The van der Waals surface area contributed by atoms with Gasteiger partial charge in [0.1, 0.15) is 5.75 Å². The highest BCUT2D eigenvalue weighted by molar-refractivity contribution is 7.89. The van der Waals surface area contributed by atoms with Gasteiger partial charge < -0.3 is 9.30 Å². The molecule has 5 aromatic rings. The highest BCUT2D eigenvalue weighted by Gasteiger charge is 2.46. The first-order valence-electron chi connectivity index (χ1n) is 12.8. The van der Waals surface area contributed by atoms with Gasteiger partial charge in [0.2, 0.25) is 10.6 Å². The normalized spacial score (nSPS) is 18.0. The minimum absolute atomic E-state index is 0.0635. The molecule has 2 aromatic carbocycles. The van der Waals surface area contributed by atoms with Crippen molar-refractivity contribution in [1.29, 1.82) is 0 Å². The molecule has 1 aliphatic rings. The number of ether oxygens (including phenoxy) is 1. The Morgan fingerprint density at radius 2 is 1.82 bits per heavy atom. The molecule has 0 amide bonds. The van der Waals surface area contributed by atoms with Crippen molar-refractivity contribution in [2.24, 2.45) is 14.1 Å². The van der Waals surface area contributed by atoms with Crippen molar-refractivity contribution >= 4 is 20.9 Å². The quantitative estimate of drug-likeness (QED) is 0.301. The summed E-state index contributed by atoms with van der Waals surface area (Å²) >= 11 is 0. The summed E-state index contributed by atoms with van der Waals surface area (Å²) in [5.74, 6) is 0.647. The number of hydrogen-bond acceptors (Lipinski definition) is 7. The maximum Gasteiger partial charge on any atom is 0.264 e. The number of fused-ring (bicyclic) bond motifs is 1. The maximum atomic E-state index is 13.5. The summed E-state index contributed by atoms with van der Waals surface area (Å²) in [5, 5.41) is 13.5. The zero-order valence-corrected chi connectivity index (χ0v) is 23.2. The van der Waals surface area contributed by atoms with E-state index in [1.54, 1.807) is 44.3 Å². The summed E-state index contributed by atoms with van der Waals surface area (Å²) in [5.41, 5.74) is 2.91. The number of rotatable bonds is 7. The Kier molecular flexibility index (Phi) is 6.31. The highest BCUT2D eigenvalue weighted by atomic mass is 32.2. The fraction of sp³-hybridized carbons (Fsp3) is 0.286. The van der Waals surface area contributed by atoms with Crippen LogP contribution in [0.4, 0.5) is 0 Å². The Morgan fingerprint density at radius 3 is 2.52 bits per heavy atom. The molecule has 1 atom stereocenters. The Hall–Kier alpha value is -4.29. The van der Waals surface area contributed by atoms with Crippen molar-refractivity contribution < 1.29 is 13.2 Å². The molecule has 1 fully saturated rings. The number of pyridine rings is 1. The molecule has 206 valence electrons. The van der Waals surface area contributed by atoms with Crippen LogP contribution in [0, 0.1) is 0 Å². The van der Waals surface area contributed by atoms with Crippen LogP contribution < -0.4 is 10.3 Å². The molecule has 12 heteroatoms. The van der Waals surface area contributed by atoms with Gasteiger partial charge >= 0.3 is 0 Å². The summed E-state index contributed by atoms with van der Waals surface area (Å²) in [7, 11) is 1.08. The lowest BCUT2D eigenvalue weighted by atomic mass is 9.74. The van der Waals surface area contributed by atoms with Gasteiger partial charge in [0, 0.05) is 61.9 Å². The van der Waals surface area contributed by atoms with Crippen LogP contribution in [-0.2, 0) is 36.0 Å². The zero-order valence-electron chi connectivity index (χ0n) is 22.4. The summed E-state index contributed by atoms with van der Waals surface area (Å²) in [6.07, 6.45) is 6.02. The van der Waals surface area contributed by atoms with E-state index >= 15 is 0 Å². The third-order valence-corrected chi connectivity index (χ3v) is 9.37. The Labute approximate surface area is 231 Å². The Bertz CT molecular complexity index is 1880. The van der Waals surface area contributed by atoms with Crippen LogP contribution in [-0.4, -0.2) is 62.3 Å². The molecule has 0 bridgehead atoms. The van der Waals surface area contributed by atoms with Crippen molar-refractivity contribution in [3.05, 3.63) is 94.7 Å². The topological polar surface area (TPSA) is 117 Å². The van der Waals surface area contributed by atoms with Crippen molar-refractivity contribution in [2.45, 2.75) is 23.3 Å². The maximum absolute atomic E-state index is 13.5. The first kappa shape index (κ1) is 26.0. The predicted molar refractivity (Wildman–Crippen MR) is 149 cm³/mol. The fourth-order valence-corrected chi connectivity index (χ4v) is 7.03. The van der Waals surface area contributed by atoms with Gasteiger partial charge in [-0.2, -0.15) is 19.3 Å². The minimum atomic E-state index is -3.84. The third kappa shape index (κ3) is 4.38. The highest BCUT2D eigenvalue weighted by Crippen LogP contribution is 2.45. The molecule has 40 heavy (non-hydrogen) atoms. The van der Waals surface area contributed by atoms with E-state index in [1.165, 1.54) is 25.9 Å². The van der Waals surface area contributed by atoms with E-state index in [4.69, 9.17) is 4.74 Å². The lowest BCUT2D eigenvalue weighted by Gasteiger charge is -2.32. The summed E-state index contributed by atoms with van der Waals surface area (Å²) in [4.78, 5) is 13.2. The van der Waals surface area contributed by atoms with Gasteiger partial charge in [0.05, 0.1) is 30.7 Å². The number of benzene rings is 2. The second kappa shape index (κ2) is 9.72. The summed E-state index contributed by atoms with van der Waals surface area (Å²) < 4.78 is 37.8. The molecule has 0 radical (unpaired) electrons. The molecule has 0 N–H and O–H groups in total. The van der Waals surface area contributed by atoms with Crippen LogP contribution in [0.25, 0.3) is 16.6 Å². The molecule has 11 nitrogen and oxygen atoms in total. The first-order valence-corrected chi connectivity index (χ1v) is 14.3. The molecule has 4 heterocycles. The summed E-state index contributed by atoms with van der Waals surface area (Å²) in [6, 6.07) is 17.3. The van der Waals surface area contributed by atoms with Gasteiger partial charge in [-0.25, -0.2) is 13.1 Å². The van der Waals surface area contributed by atoms with Crippen molar-refractivity contribution in [3.8, 4) is 11.4 Å². The monoisotopic (exact) mass is 559 g/mol. The predicted octanol–water partition coefficient (Wildman–Crippen LogP) is 2.44. The molecule has 1 aliphatic heterocycles. The Morgan fingerprint density at radius 1 is 1.02 bits per heavy atom. The number of nitrogens with zero attached hydrogens (tertiary/aromatic N) is 7. The molecule has 1 saturated heterocycles. The van der Waals surface area contributed by atoms with Gasteiger partial charge in [-0.05, 0) is 30.5 Å². The minimum Gasteiger partial charge on any atom is -0.496 e. The fourth-order valence-electron chi connectivity index (χ4n) is 5.61. The van der Waals surface area contributed by atoms with E-state index in [1.807, 2.05) is 24.3 Å². The molecular formula is C28H29N7O4S. The van der Waals surface area contributed by atoms with Crippen molar-refractivity contribution in [2.75, 3.05) is 20.2 Å². The second-order valence-corrected chi connectivity index (χ2v) is 12.1. The molecule has 0 saturated carbocycles. The SMILES string of the molecule is COc1cc2c(cnn2-c2ccc(=O)n(C)c2)cc1C1(Cc2ccccc2)CCN(S(=O)(=O)c2cnn(C)n2)C1. The van der Waals surface area contributed by atoms with E-state index in [-0.39, 0.29) is 17.1 Å². The second-order valence-electron chi connectivity index (χ2n) is 10.2. The molecule has 0 aliphatic carbocycles. The van der Waals surface area contributed by atoms with Gasteiger partial charge in [0.25, 0.3) is 10.0 Å². The molecule has 1 unspecified atom stereocenters. The number of aryl methyl sites for hydroxylation is 2. The van der Waals surface area contributed by atoms with Crippen LogP contribution in [0.3, 0.4) is 0 Å². The van der Waals surface area contributed by atoms with Crippen LogP contribution in [0.2, 0.25) is 0 Å². The molecular weight excluding hydrogens is 530 g/mol. The molecule has 0 spiro atoms. The van der Waals surface area contributed by atoms with Gasteiger partial charge in [-0.1, -0.05) is 30.3 Å². The van der Waals surface area contributed by atoms with E-state index < -0.39 is 15.4 Å². The lowest BCUT2D eigenvalue weighted by molar-refractivity contribution is 0.370. The van der Waals surface area contributed by atoms with Crippen LogP contribution in [0.1, 0.15) is 17.5 Å². The van der Waals surface area contributed by atoms with Gasteiger partial charge in [-0.15, -0.1) is 5.10 Å². The van der Waals surface area contributed by atoms with E-state index in [2.05, 4.69) is 33.5 Å². The van der Waals surface area contributed by atoms with Crippen molar-refractivity contribution in [1.82, 2.24) is 33.6 Å². The average Bonchev–Trinajstić information content (AvgIpc) is 3.69. The first-order chi connectivity index (χ1) is 19.2. The Balaban J connectivity index is 1.47. The smallest absolute Gasteiger partial charge is 0.264 e. The average molecular weight is 560 g/mol. The van der Waals surface area contributed by atoms with E-state index in [9.17, 15) is 13.2 Å². The van der Waals surface area contributed by atoms with Gasteiger partial charge in [-0.3, -0.25) is 4.79 Å². The van der Waals surface area contributed by atoms with Crippen LogP contribution in [0.5, 0.6) is 5.75 Å². The van der Waals surface area contributed by atoms with E-state index in [0.29, 0.717) is 25.1 Å². The lowest BCUT2D eigenvalue weighted by Crippen LogP contribution is -2.36. The zero-order chi connectivity index (χ0) is 28.1. The number of aromatic nitrogens is 6. The molecule has 3 aromatic heterocycles. The third-order valence-electron chi connectivity index (χ3n) is 7.66.